The van der Waals surface area contributed by atoms with Gasteiger partial charge in [-0.3, -0.25) is 19.6 Å². The van der Waals surface area contributed by atoms with Crippen LogP contribution in [-0.2, 0) is 11.2 Å². The molecule has 2 N–H and O–H groups in total. The smallest absolute Gasteiger partial charge is 0.267 e. The highest BCUT2D eigenvalue weighted by Crippen LogP contribution is 2.24. The highest BCUT2D eigenvalue weighted by atomic mass is 16.2. The Kier molecular flexibility index (Phi) is 4.66. The molecule has 1 amide bonds. The van der Waals surface area contributed by atoms with Crippen LogP contribution in [0.4, 0.5) is 0 Å². The lowest BCUT2D eigenvalue weighted by atomic mass is 10.1. The highest BCUT2D eigenvalue weighted by Gasteiger charge is 2.26. The number of hydrogen-bond acceptors (Lipinski definition) is 3. The Labute approximate surface area is 130 Å². The molecule has 2 heterocycles. The Morgan fingerprint density at radius 3 is 2.55 bits per heavy atom. The standard InChI is InChI=1S/C16H26N4O2/c1-12-14(16(22)18-17-12)11-15(21)20-8-4-7-19(9-10-20)13-5-2-3-6-13/h13H,2-11H2,1H3,(H2,17,18,22). The number of aromatic nitrogens is 2. The first-order valence-electron chi connectivity index (χ1n) is 8.43. The Hall–Kier alpha value is -1.56. The van der Waals surface area contributed by atoms with E-state index in [0.717, 1.165) is 44.3 Å². The summed E-state index contributed by atoms with van der Waals surface area (Å²) in [5.74, 6) is 0.0708. The Balaban J connectivity index is 1.58. The topological polar surface area (TPSA) is 72.2 Å². The Morgan fingerprint density at radius 1 is 1.09 bits per heavy atom. The van der Waals surface area contributed by atoms with Crippen LogP contribution < -0.4 is 5.56 Å². The number of nitrogens with one attached hydrogen (secondary N) is 2. The SMILES string of the molecule is Cc1[nH][nH]c(=O)c1CC(=O)N1CCCN(C2CCCC2)CC1. The number of aromatic amines is 2. The molecular weight excluding hydrogens is 280 g/mol. The van der Waals surface area contributed by atoms with E-state index >= 15 is 0 Å². The van der Waals surface area contributed by atoms with E-state index in [1.54, 1.807) is 0 Å². The minimum absolute atomic E-state index is 0.0708. The van der Waals surface area contributed by atoms with Crippen LogP contribution in [0.25, 0.3) is 0 Å². The first-order valence-corrected chi connectivity index (χ1v) is 8.43. The number of carbonyl (C=O) groups excluding carboxylic acids is 1. The van der Waals surface area contributed by atoms with E-state index in [-0.39, 0.29) is 17.9 Å². The predicted octanol–water partition coefficient (Wildman–Crippen LogP) is 1.03. The van der Waals surface area contributed by atoms with Crippen LogP contribution in [0.2, 0.25) is 0 Å². The van der Waals surface area contributed by atoms with Gasteiger partial charge in [0, 0.05) is 43.5 Å². The predicted molar refractivity (Wildman–Crippen MR) is 84.9 cm³/mol. The van der Waals surface area contributed by atoms with Crippen molar-refractivity contribution in [1.29, 1.82) is 0 Å². The van der Waals surface area contributed by atoms with Crippen molar-refractivity contribution in [1.82, 2.24) is 20.0 Å². The summed E-state index contributed by atoms with van der Waals surface area (Å²) in [7, 11) is 0. The zero-order chi connectivity index (χ0) is 15.5. The monoisotopic (exact) mass is 306 g/mol. The molecule has 0 aromatic carbocycles. The lowest BCUT2D eigenvalue weighted by Crippen LogP contribution is -2.39. The largest absolute Gasteiger partial charge is 0.341 e. The van der Waals surface area contributed by atoms with Gasteiger partial charge in [-0.05, 0) is 26.2 Å². The summed E-state index contributed by atoms with van der Waals surface area (Å²) in [6, 6.07) is 0.727. The second kappa shape index (κ2) is 6.69. The van der Waals surface area contributed by atoms with E-state index < -0.39 is 0 Å². The van der Waals surface area contributed by atoms with Gasteiger partial charge >= 0.3 is 0 Å². The van der Waals surface area contributed by atoms with Gasteiger partial charge in [0.25, 0.3) is 5.56 Å². The maximum absolute atomic E-state index is 12.5. The van der Waals surface area contributed by atoms with Gasteiger partial charge < -0.3 is 10.00 Å². The van der Waals surface area contributed by atoms with Crippen molar-refractivity contribution in [3.63, 3.8) is 0 Å². The molecule has 0 bridgehead atoms. The van der Waals surface area contributed by atoms with E-state index in [1.807, 2.05) is 11.8 Å². The fraction of sp³-hybridized carbons (Fsp3) is 0.750. The molecule has 1 saturated carbocycles. The van der Waals surface area contributed by atoms with Crippen LogP contribution in [0.15, 0.2) is 4.79 Å². The van der Waals surface area contributed by atoms with Crippen molar-refractivity contribution < 1.29 is 4.79 Å². The summed E-state index contributed by atoms with van der Waals surface area (Å²) in [4.78, 5) is 28.7. The van der Waals surface area contributed by atoms with Gasteiger partial charge in [-0.1, -0.05) is 12.8 Å². The molecular formula is C16H26N4O2. The molecule has 0 unspecified atom stereocenters. The van der Waals surface area contributed by atoms with Gasteiger partial charge in [0.05, 0.1) is 6.42 Å². The number of rotatable bonds is 3. The molecule has 2 fully saturated rings. The molecule has 0 radical (unpaired) electrons. The Bertz CT molecular complexity index is 571. The number of carbonyl (C=O) groups is 1. The quantitative estimate of drug-likeness (QED) is 0.876. The van der Waals surface area contributed by atoms with Gasteiger partial charge in [-0.25, -0.2) is 0 Å². The number of H-pyrrole nitrogens is 2. The average Bonchev–Trinajstić information content (AvgIpc) is 3.06. The first-order chi connectivity index (χ1) is 10.6. The minimum Gasteiger partial charge on any atom is -0.341 e. The molecule has 22 heavy (non-hydrogen) atoms. The second-order valence-corrected chi connectivity index (χ2v) is 6.57. The lowest BCUT2D eigenvalue weighted by molar-refractivity contribution is -0.130. The van der Waals surface area contributed by atoms with Crippen LogP contribution in [-0.4, -0.2) is 58.1 Å². The van der Waals surface area contributed by atoms with E-state index in [9.17, 15) is 9.59 Å². The fourth-order valence-corrected chi connectivity index (χ4v) is 3.77. The maximum Gasteiger partial charge on any atom is 0.267 e. The molecule has 0 atom stereocenters. The van der Waals surface area contributed by atoms with E-state index in [4.69, 9.17) is 0 Å². The fourth-order valence-electron chi connectivity index (χ4n) is 3.77. The van der Waals surface area contributed by atoms with Crippen molar-refractivity contribution in [2.24, 2.45) is 0 Å². The van der Waals surface area contributed by atoms with Crippen LogP contribution in [0.3, 0.4) is 0 Å². The molecule has 6 nitrogen and oxygen atoms in total. The lowest BCUT2D eigenvalue weighted by Gasteiger charge is -2.27. The molecule has 6 heteroatoms. The van der Waals surface area contributed by atoms with E-state index in [2.05, 4.69) is 15.1 Å². The number of nitrogens with zero attached hydrogens (tertiary/aromatic N) is 2. The molecule has 0 spiro atoms. The average molecular weight is 306 g/mol. The van der Waals surface area contributed by atoms with Gasteiger partial charge in [-0.15, -0.1) is 0 Å². The van der Waals surface area contributed by atoms with Gasteiger partial charge in [-0.2, -0.15) is 0 Å². The van der Waals surface area contributed by atoms with Crippen LogP contribution in [0.5, 0.6) is 0 Å². The van der Waals surface area contributed by atoms with Crippen LogP contribution in [0.1, 0.15) is 43.4 Å². The summed E-state index contributed by atoms with van der Waals surface area (Å²) in [5, 5.41) is 5.33. The zero-order valence-corrected chi connectivity index (χ0v) is 13.4. The molecule has 1 aromatic rings. The second-order valence-electron chi connectivity index (χ2n) is 6.57. The number of hydrogen-bond donors (Lipinski definition) is 2. The molecule has 122 valence electrons. The maximum atomic E-state index is 12.5. The number of amides is 1. The number of aryl methyl sites for hydroxylation is 1. The Morgan fingerprint density at radius 2 is 1.86 bits per heavy atom. The van der Waals surface area contributed by atoms with Gasteiger partial charge in [0.1, 0.15) is 0 Å². The summed E-state index contributed by atoms with van der Waals surface area (Å²) >= 11 is 0. The summed E-state index contributed by atoms with van der Waals surface area (Å²) in [5.41, 5.74) is 1.16. The molecule has 3 rings (SSSR count). The molecule has 1 aliphatic heterocycles. The van der Waals surface area contributed by atoms with Crippen molar-refractivity contribution in [2.75, 3.05) is 26.2 Å². The third-order valence-electron chi connectivity index (χ3n) is 5.14. The molecule has 2 aliphatic rings. The molecule has 1 aromatic heterocycles. The summed E-state index contributed by atoms with van der Waals surface area (Å²) < 4.78 is 0. The highest BCUT2D eigenvalue weighted by molar-refractivity contribution is 5.79. The molecule has 1 saturated heterocycles. The van der Waals surface area contributed by atoms with E-state index in [1.165, 1.54) is 25.7 Å². The van der Waals surface area contributed by atoms with Crippen LogP contribution in [0, 0.1) is 6.92 Å². The third-order valence-corrected chi connectivity index (χ3v) is 5.14. The normalized spacial score (nSPS) is 21.2. The minimum atomic E-state index is -0.173. The van der Waals surface area contributed by atoms with Gasteiger partial charge in [0.2, 0.25) is 5.91 Å². The van der Waals surface area contributed by atoms with Crippen molar-refractivity contribution >= 4 is 5.91 Å². The molecule has 1 aliphatic carbocycles. The van der Waals surface area contributed by atoms with E-state index in [0.29, 0.717) is 5.56 Å². The summed E-state index contributed by atoms with van der Waals surface area (Å²) in [6.45, 7) is 5.49. The first kappa shape index (κ1) is 15.3. The van der Waals surface area contributed by atoms with Crippen LogP contribution >= 0.6 is 0 Å². The van der Waals surface area contributed by atoms with Crippen molar-refractivity contribution in [3.8, 4) is 0 Å². The van der Waals surface area contributed by atoms with Gasteiger partial charge in [0.15, 0.2) is 0 Å². The zero-order valence-electron chi connectivity index (χ0n) is 13.4. The van der Waals surface area contributed by atoms with Crippen molar-refractivity contribution in [3.05, 3.63) is 21.6 Å². The van der Waals surface area contributed by atoms with Crippen molar-refractivity contribution in [2.45, 2.75) is 51.5 Å². The summed E-state index contributed by atoms with van der Waals surface area (Å²) in [6.07, 6.45) is 6.55. The third kappa shape index (κ3) is 3.27.